The first kappa shape index (κ1) is 24.8. The molecule has 2 unspecified atom stereocenters. The van der Waals surface area contributed by atoms with Crippen molar-refractivity contribution in [1.29, 1.82) is 0 Å². The molecular formula is C20H23ClF2N6O3S. The van der Waals surface area contributed by atoms with Gasteiger partial charge in [-0.3, -0.25) is 4.79 Å². The average molecular weight is 501 g/mol. The minimum Gasteiger partial charge on any atom is -0.464 e. The van der Waals surface area contributed by atoms with E-state index >= 15 is 0 Å². The number of halogens is 3. The van der Waals surface area contributed by atoms with Gasteiger partial charge in [0, 0.05) is 25.5 Å². The van der Waals surface area contributed by atoms with Gasteiger partial charge in [-0.1, -0.05) is 47.2 Å². The lowest BCUT2D eigenvalue weighted by Gasteiger charge is -2.23. The number of nitrogens with one attached hydrogen (secondary N) is 1. The normalized spacial score (nSPS) is 18.6. The van der Waals surface area contributed by atoms with Gasteiger partial charge in [0.2, 0.25) is 11.8 Å². The number of ether oxygens (including phenoxy) is 1. The van der Waals surface area contributed by atoms with Gasteiger partial charge in [0.15, 0.2) is 16.7 Å². The van der Waals surface area contributed by atoms with E-state index in [1.807, 2.05) is 0 Å². The number of amides is 1. The molecule has 33 heavy (non-hydrogen) atoms. The molecule has 0 spiro atoms. The first-order valence-electron chi connectivity index (χ1n) is 9.87. The van der Waals surface area contributed by atoms with Crippen molar-refractivity contribution in [3.63, 3.8) is 0 Å². The SMILES string of the molecule is COC(=O)c1nc(NC(=O)C(c2ccc(/C(N)=N/N(C)N)cc2)C2CCC(F)(F)C2)sc1Cl. The van der Waals surface area contributed by atoms with Gasteiger partial charge >= 0.3 is 5.97 Å². The summed E-state index contributed by atoms with van der Waals surface area (Å²) >= 11 is 6.89. The number of hydrazine groups is 1. The van der Waals surface area contributed by atoms with Crippen molar-refractivity contribution < 1.29 is 23.1 Å². The van der Waals surface area contributed by atoms with E-state index in [0.29, 0.717) is 11.1 Å². The number of benzene rings is 1. The number of thiazole rings is 1. The smallest absolute Gasteiger partial charge is 0.359 e. The molecule has 1 aliphatic carbocycles. The van der Waals surface area contributed by atoms with E-state index in [1.54, 1.807) is 24.3 Å². The molecule has 0 saturated heterocycles. The maximum Gasteiger partial charge on any atom is 0.359 e. The number of carbonyl (C=O) groups excluding carboxylic acids is 2. The molecule has 9 nitrogen and oxygen atoms in total. The lowest BCUT2D eigenvalue weighted by atomic mass is 9.83. The average Bonchev–Trinajstić information content (AvgIpc) is 3.28. The molecule has 1 fully saturated rings. The zero-order chi connectivity index (χ0) is 24.3. The predicted octanol–water partition coefficient (Wildman–Crippen LogP) is 3.17. The van der Waals surface area contributed by atoms with Crippen molar-refractivity contribution in [3.05, 3.63) is 45.4 Å². The van der Waals surface area contributed by atoms with Crippen LogP contribution in [0.25, 0.3) is 0 Å². The van der Waals surface area contributed by atoms with Crippen molar-refractivity contribution in [2.24, 2.45) is 22.6 Å². The fraction of sp³-hybridized carbons (Fsp3) is 0.400. The van der Waals surface area contributed by atoms with Crippen molar-refractivity contribution in [3.8, 4) is 0 Å². The van der Waals surface area contributed by atoms with Crippen LogP contribution in [-0.2, 0) is 9.53 Å². The zero-order valence-electron chi connectivity index (χ0n) is 17.8. The second kappa shape index (κ2) is 9.98. The maximum atomic E-state index is 14.0. The zero-order valence-corrected chi connectivity index (χ0v) is 19.4. The molecule has 0 aliphatic heterocycles. The Bertz CT molecular complexity index is 1060. The van der Waals surface area contributed by atoms with E-state index < -0.39 is 36.1 Å². The van der Waals surface area contributed by atoms with Crippen LogP contribution in [-0.4, -0.2) is 47.9 Å². The Morgan fingerprint density at radius 2 is 2.06 bits per heavy atom. The van der Waals surface area contributed by atoms with Crippen LogP contribution in [0.2, 0.25) is 4.34 Å². The monoisotopic (exact) mass is 500 g/mol. The number of carbonyl (C=O) groups is 2. The lowest BCUT2D eigenvalue weighted by Crippen LogP contribution is -2.28. The van der Waals surface area contributed by atoms with Crippen LogP contribution < -0.4 is 16.9 Å². The summed E-state index contributed by atoms with van der Waals surface area (Å²) < 4.78 is 32.6. The molecule has 178 valence electrons. The van der Waals surface area contributed by atoms with Crippen molar-refractivity contribution >= 4 is 45.8 Å². The number of methoxy groups -OCH3 is 1. The fourth-order valence-corrected chi connectivity index (χ4v) is 4.78. The molecule has 1 amide bonds. The number of esters is 1. The van der Waals surface area contributed by atoms with Crippen molar-refractivity contribution in [2.45, 2.75) is 31.1 Å². The Balaban J connectivity index is 1.89. The standard InChI is InChI=1S/C20H23ClF2N6O3S/c1-29(25)28-16(24)11-5-3-10(4-6-11)13(12-7-8-20(22,23)9-12)17(30)27-19-26-14(15(21)33-19)18(31)32-2/h3-6,12-13H,7-9,25H2,1-2H3,(H2,24,28)(H,26,27,30). The molecule has 1 aromatic heterocycles. The summed E-state index contributed by atoms with van der Waals surface area (Å²) in [6.45, 7) is 0. The van der Waals surface area contributed by atoms with Crippen LogP contribution >= 0.6 is 22.9 Å². The van der Waals surface area contributed by atoms with E-state index in [1.165, 1.54) is 14.2 Å². The lowest BCUT2D eigenvalue weighted by molar-refractivity contribution is -0.118. The summed E-state index contributed by atoms with van der Waals surface area (Å²) in [7, 11) is 2.69. The topological polar surface area (TPSA) is 136 Å². The number of hydrogen-bond donors (Lipinski definition) is 3. The third-order valence-corrected chi connectivity index (χ3v) is 6.39. The molecule has 3 rings (SSSR count). The number of nitrogens with two attached hydrogens (primary N) is 2. The van der Waals surface area contributed by atoms with Crippen LogP contribution in [0.3, 0.4) is 0 Å². The highest BCUT2D eigenvalue weighted by Crippen LogP contribution is 2.46. The minimum absolute atomic E-state index is 0.0464. The number of alkyl halides is 2. The number of rotatable bonds is 7. The number of aromatic nitrogens is 1. The maximum absolute atomic E-state index is 14.0. The Hall–Kier alpha value is -2.83. The summed E-state index contributed by atoms with van der Waals surface area (Å²) in [5.41, 5.74) is 6.84. The summed E-state index contributed by atoms with van der Waals surface area (Å²) in [4.78, 5) is 28.9. The van der Waals surface area contributed by atoms with Crippen LogP contribution in [0.15, 0.2) is 29.4 Å². The summed E-state index contributed by atoms with van der Waals surface area (Å²) in [5, 5.41) is 7.65. The van der Waals surface area contributed by atoms with Crippen LogP contribution in [0.4, 0.5) is 13.9 Å². The summed E-state index contributed by atoms with van der Waals surface area (Å²) in [6, 6.07) is 6.56. The highest BCUT2D eigenvalue weighted by Gasteiger charge is 2.45. The Kier molecular flexibility index (Phi) is 7.50. The quantitative estimate of drug-likeness (QED) is 0.175. The molecule has 0 bridgehead atoms. The van der Waals surface area contributed by atoms with Crippen LogP contribution in [0.5, 0.6) is 0 Å². The number of hydrogen-bond acceptors (Lipinski definition) is 8. The molecular weight excluding hydrogens is 478 g/mol. The highest BCUT2D eigenvalue weighted by atomic mass is 35.5. The highest BCUT2D eigenvalue weighted by molar-refractivity contribution is 7.20. The molecule has 0 radical (unpaired) electrons. The number of amidine groups is 1. The first-order chi connectivity index (χ1) is 15.5. The molecule has 1 aromatic carbocycles. The largest absolute Gasteiger partial charge is 0.464 e. The van der Waals surface area contributed by atoms with E-state index in [4.69, 9.17) is 23.2 Å². The van der Waals surface area contributed by atoms with Crippen molar-refractivity contribution in [2.75, 3.05) is 19.5 Å². The van der Waals surface area contributed by atoms with Crippen molar-refractivity contribution in [1.82, 2.24) is 10.1 Å². The third-order valence-electron chi connectivity index (χ3n) is 5.22. The van der Waals surface area contributed by atoms with Gasteiger partial charge in [-0.2, -0.15) is 0 Å². The van der Waals surface area contributed by atoms with Gasteiger partial charge in [-0.05, 0) is 17.9 Å². The van der Waals surface area contributed by atoms with Gasteiger partial charge < -0.3 is 15.8 Å². The molecule has 1 aliphatic rings. The number of hydrazone groups is 1. The number of anilines is 1. The third kappa shape index (κ3) is 5.95. The fourth-order valence-electron chi connectivity index (χ4n) is 3.76. The molecule has 1 saturated carbocycles. The van der Waals surface area contributed by atoms with Gasteiger partial charge in [0.25, 0.3) is 0 Å². The minimum atomic E-state index is -2.84. The summed E-state index contributed by atoms with van der Waals surface area (Å²) in [5.74, 6) is 0.0321. The van der Waals surface area contributed by atoms with E-state index in [-0.39, 0.29) is 33.8 Å². The number of nitrogens with zero attached hydrogens (tertiary/aromatic N) is 3. The Labute approximate surface area is 197 Å². The van der Waals surface area contributed by atoms with Gasteiger partial charge in [0.05, 0.1) is 13.0 Å². The molecule has 2 atom stereocenters. The molecule has 2 aromatic rings. The first-order valence-corrected chi connectivity index (χ1v) is 11.1. The summed E-state index contributed by atoms with van der Waals surface area (Å²) in [6.07, 6.45) is -0.529. The van der Waals surface area contributed by atoms with E-state index in [0.717, 1.165) is 16.5 Å². The van der Waals surface area contributed by atoms with E-state index in [2.05, 4.69) is 20.1 Å². The van der Waals surface area contributed by atoms with Crippen LogP contribution in [0, 0.1) is 5.92 Å². The molecule has 5 N–H and O–H groups in total. The van der Waals surface area contributed by atoms with Gasteiger partial charge in [-0.15, -0.1) is 5.10 Å². The molecule has 1 heterocycles. The predicted molar refractivity (Wildman–Crippen MR) is 121 cm³/mol. The Morgan fingerprint density at radius 1 is 1.39 bits per heavy atom. The Morgan fingerprint density at radius 3 is 2.61 bits per heavy atom. The van der Waals surface area contributed by atoms with Gasteiger partial charge in [0.1, 0.15) is 4.34 Å². The molecule has 13 heteroatoms. The second-order valence-electron chi connectivity index (χ2n) is 7.64. The van der Waals surface area contributed by atoms with Crippen LogP contribution in [0.1, 0.15) is 46.8 Å². The van der Waals surface area contributed by atoms with E-state index in [9.17, 15) is 18.4 Å². The second-order valence-corrected chi connectivity index (χ2v) is 9.24. The van der Waals surface area contributed by atoms with Gasteiger partial charge in [-0.25, -0.2) is 29.5 Å².